The molecule has 0 saturated heterocycles. The molecule has 0 saturated carbocycles. The van der Waals surface area contributed by atoms with E-state index in [0.717, 1.165) is 17.9 Å². The van der Waals surface area contributed by atoms with Crippen molar-refractivity contribution in [1.82, 2.24) is 0 Å². The van der Waals surface area contributed by atoms with E-state index in [1.165, 1.54) is 16.7 Å². The number of halogens is 1. The zero-order chi connectivity index (χ0) is 11.4. The van der Waals surface area contributed by atoms with Crippen LogP contribution in [0.2, 0.25) is 5.02 Å². The molecule has 82 valence electrons. The van der Waals surface area contributed by atoms with E-state index >= 15 is 0 Å². The average molecular weight is 231 g/mol. The quantitative estimate of drug-likeness (QED) is 0.732. The molecule has 0 aliphatic carbocycles. The fourth-order valence-corrected chi connectivity index (χ4v) is 2.04. The van der Waals surface area contributed by atoms with Crippen LogP contribution in [0.5, 0.6) is 0 Å². The molecule has 0 aliphatic rings. The third kappa shape index (κ3) is 2.65. The Balaban J connectivity index is 2.08. The SMILES string of the molecule is Cc1c(Cl)cccc1CCc1ccccc1. The third-order valence-electron chi connectivity index (χ3n) is 2.91. The number of aryl methyl sites for hydroxylation is 2. The van der Waals surface area contributed by atoms with Crippen molar-refractivity contribution in [2.75, 3.05) is 0 Å². The minimum atomic E-state index is 0.866. The minimum Gasteiger partial charge on any atom is -0.0840 e. The van der Waals surface area contributed by atoms with Crippen LogP contribution in [0.25, 0.3) is 0 Å². The molecule has 2 aromatic carbocycles. The van der Waals surface area contributed by atoms with Crippen molar-refractivity contribution in [1.29, 1.82) is 0 Å². The molecule has 0 heterocycles. The van der Waals surface area contributed by atoms with Gasteiger partial charge in [-0.1, -0.05) is 54.1 Å². The normalized spacial score (nSPS) is 10.4. The van der Waals surface area contributed by atoms with Crippen LogP contribution >= 0.6 is 11.6 Å². The Labute approximate surface area is 102 Å². The van der Waals surface area contributed by atoms with Gasteiger partial charge in [0.15, 0.2) is 0 Å². The summed E-state index contributed by atoms with van der Waals surface area (Å²) in [7, 11) is 0. The van der Waals surface area contributed by atoms with E-state index in [1.54, 1.807) is 0 Å². The summed E-state index contributed by atoms with van der Waals surface area (Å²) in [6, 6.07) is 16.7. The van der Waals surface area contributed by atoms with E-state index < -0.39 is 0 Å². The summed E-state index contributed by atoms with van der Waals surface area (Å²) in [6.07, 6.45) is 2.12. The van der Waals surface area contributed by atoms with Gasteiger partial charge < -0.3 is 0 Å². The van der Waals surface area contributed by atoms with Gasteiger partial charge in [-0.2, -0.15) is 0 Å². The summed E-state index contributed by atoms with van der Waals surface area (Å²) in [5, 5.41) is 0.866. The largest absolute Gasteiger partial charge is 0.0840 e. The molecule has 0 N–H and O–H groups in total. The van der Waals surface area contributed by atoms with Crippen molar-refractivity contribution >= 4 is 11.6 Å². The van der Waals surface area contributed by atoms with E-state index in [1.807, 2.05) is 18.2 Å². The third-order valence-corrected chi connectivity index (χ3v) is 3.32. The van der Waals surface area contributed by atoms with Crippen LogP contribution in [0.15, 0.2) is 48.5 Å². The lowest BCUT2D eigenvalue weighted by molar-refractivity contribution is 0.949. The van der Waals surface area contributed by atoms with Crippen LogP contribution in [0, 0.1) is 6.92 Å². The first-order chi connectivity index (χ1) is 7.77. The van der Waals surface area contributed by atoms with E-state index in [-0.39, 0.29) is 0 Å². The smallest absolute Gasteiger partial charge is 0.0437 e. The highest BCUT2D eigenvalue weighted by Gasteiger charge is 2.02. The molecule has 2 rings (SSSR count). The molecule has 0 unspecified atom stereocenters. The van der Waals surface area contributed by atoms with Gasteiger partial charge in [0.05, 0.1) is 0 Å². The highest BCUT2D eigenvalue weighted by atomic mass is 35.5. The van der Waals surface area contributed by atoms with E-state index in [4.69, 9.17) is 11.6 Å². The fourth-order valence-electron chi connectivity index (χ4n) is 1.85. The Hall–Kier alpha value is -1.27. The Bertz CT molecular complexity index is 460. The summed E-state index contributed by atoms with van der Waals surface area (Å²) in [4.78, 5) is 0. The second-order valence-electron chi connectivity index (χ2n) is 4.01. The lowest BCUT2D eigenvalue weighted by Gasteiger charge is -2.07. The van der Waals surface area contributed by atoms with Crippen LogP contribution in [0.1, 0.15) is 16.7 Å². The number of hydrogen-bond donors (Lipinski definition) is 0. The van der Waals surface area contributed by atoms with Crippen molar-refractivity contribution in [3.05, 3.63) is 70.2 Å². The van der Waals surface area contributed by atoms with Gasteiger partial charge in [-0.05, 0) is 42.5 Å². The summed E-state index contributed by atoms with van der Waals surface area (Å²) in [5.41, 5.74) is 3.93. The van der Waals surface area contributed by atoms with Crippen molar-refractivity contribution in [2.24, 2.45) is 0 Å². The van der Waals surface area contributed by atoms with Gasteiger partial charge >= 0.3 is 0 Å². The van der Waals surface area contributed by atoms with Gasteiger partial charge in [0.25, 0.3) is 0 Å². The van der Waals surface area contributed by atoms with Crippen LogP contribution in [-0.4, -0.2) is 0 Å². The predicted molar refractivity (Wildman–Crippen MR) is 70.0 cm³/mol. The Kier molecular flexibility index (Phi) is 3.63. The molecule has 0 atom stereocenters. The number of rotatable bonds is 3. The van der Waals surface area contributed by atoms with Gasteiger partial charge in [0.1, 0.15) is 0 Å². The maximum atomic E-state index is 6.10. The predicted octanol–water partition coefficient (Wildman–Crippen LogP) is 4.43. The zero-order valence-corrected chi connectivity index (χ0v) is 10.2. The van der Waals surface area contributed by atoms with Crippen molar-refractivity contribution in [2.45, 2.75) is 19.8 Å². The first kappa shape index (κ1) is 11.2. The molecule has 0 amide bonds. The monoisotopic (exact) mass is 230 g/mol. The Morgan fingerprint density at radius 1 is 0.875 bits per heavy atom. The molecule has 0 bridgehead atoms. The van der Waals surface area contributed by atoms with Gasteiger partial charge in [-0.25, -0.2) is 0 Å². The van der Waals surface area contributed by atoms with E-state index in [9.17, 15) is 0 Å². The summed E-state index contributed by atoms with van der Waals surface area (Å²) in [6.45, 7) is 2.09. The summed E-state index contributed by atoms with van der Waals surface area (Å²) < 4.78 is 0. The van der Waals surface area contributed by atoms with Crippen molar-refractivity contribution in [3.63, 3.8) is 0 Å². The first-order valence-corrected chi connectivity index (χ1v) is 5.93. The first-order valence-electron chi connectivity index (χ1n) is 5.55. The molecule has 0 nitrogen and oxygen atoms in total. The molecule has 1 heteroatoms. The standard InChI is InChI=1S/C15H15Cl/c1-12-14(8-5-9-15(12)16)11-10-13-6-3-2-4-7-13/h2-9H,10-11H2,1H3. The topological polar surface area (TPSA) is 0 Å². The fraction of sp³-hybridized carbons (Fsp3) is 0.200. The Morgan fingerprint density at radius 2 is 1.62 bits per heavy atom. The summed E-state index contributed by atoms with van der Waals surface area (Å²) >= 11 is 6.10. The average Bonchev–Trinajstić information content (AvgIpc) is 2.32. The molecule has 0 radical (unpaired) electrons. The highest BCUT2D eigenvalue weighted by Crippen LogP contribution is 2.20. The minimum absolute atomic E-state index is 0.866. The molecule has 0 aliphatic heterocycles. The summed E-state index contributed by atoms with van der Waals surface area (Å²) in [5.74, 6) is 0. The van der Waals surface area contributed by atoms with Gasteiger partial charge in [0.2, 0.25) is 0 Å². The lowest BCUT2D eigenvalue weighted by Crippen LogP contribution is -1.94. The van der Waals surface area contributed by atoms with Crippen LogP contribution in [0.4, 0.5) is 0 Å². The van der Waals surface area contributed by atoms with Gasteiger partial charge in [-0.15, -0.1) is 0 Å². The number of benzene rings is 2. The molecule has 0 aromatic heterocycles. The second-order valence-corrected chi connectivity index (χ2v) is 4.42. The number of hydrogen-bond acceptors (Lipinski definition) is 0. The molecule has 2 aromatic rings. The van der Waals surface area contributed by atoms with Gasteiger partial charge in [0, 0.05) is 5.02 Å². The van der Waals surface area contributed by atoms with Crippen molar-refractivity contribution < 1.29 is 0 Å². The van der Waals surface area contributed by atoms with Crippen molar-refractivity contribution in [3.8, 4) is 0 Å². The molecular weight excluding hydrogens is 216 g/mol. The van der Waals surface area contributed by atoms with Crippen LogP contribution < -0.4 is 0 Å². The molecule has 0 spiro atoms. The molecule has 0 fully saturated rings. The maximum absolute atomic E-state index is 6.10. The second kappa shape index (κ2) is 5.18. The van der Waals surface area contributed by atoms with E-state index in [0.29, 0.717) is 0 Å². The zero-order valence-electron chi connectivity index (χ0n) is 9.41. The van der Waals surface area contributed by atoms with Crippen LogP contribution in [0.3, 0.4) is 0 Å². The van der Waals surface area contributed by atoms with Crippen LogP contribution in [-0.2, 0) is 12.8 Å². The Morgan fingerprint density at radius 3 is 2.38 bits per heavy atom. The van der Waals surface area contributed by atoms with E-state index in [2.05, 4.69) is 37.3 Å². The maximum Gasteiger partial charge on any atom is 0.0437 e. The van der Waals surface area contributed by atoms with Gasteiger partial charge in [-0.3, -0.25) is 0 Å². The lowest BCUT2D eigenvalue weighted by atomic mass is 10.0. The molecule has 16 heavy (non-hydrogen) atoms. The molecular formula is C15H15Cl. The highest BCUT2D eigenvalue weighted by molar-refractivity contribution is 6.31.